The number of anilines is 2. The molecule has 0 saturated carbocycles. The quantitative estimate of drug-likeness (QED) is 0.635. The summed E-state index contributed by atoms with van der Waals surface area (Å²) in [5, 5.41) is 3.33. The van der Waals surface area contributed by atoms with Crippen LogP contribution in [0, 0.1) is 6.92 Å². The summed E-state index contributed by atoms with van der Waals surface area (Å²) in [6.07, 6.45) is 2.61. The van der Waals surface area contributed by atoms with Gasteiger partial charge in [0.2, 0.25) is 0 Å². The van der Waals surface area contributed by atoms with E-state index in [0.29, 0.717) is 12.3 Å². The zero-order valence-electron chi connectivity index (χ0n) is 14.2. The average molecular weight is 315 g/mol. The van der Waals surface area contributed by atoms with E-state index in [1.54, 1.807) is 11.6 Å². The lowest BCUT2D eigenvalue weighted by atomic mass is 10.0. The molecule has 5 nitrogen and oxygen atoms in total. The molecule has 2 aromatic rings. The normalized spacial score (nSPS) is 12.2. The largest absolute Gasteiger partial charge is 0.397 e. The van der Waals surface area contributed by atoms with Crippen molar-refractivity contribution >= 4 is 11.4 Å². The van der Waals surface area contributed by atoms with Crippen LogP contribution in [0.5, 0.6) is 0 Å². The minimum absolute atomic E-state index is 0.0185. The number of pyridine rings is 1. The number of nitrogen functional groups attached to an aromatic ring is 1. The molecule has 0 spiro atoms. The maximum Gasteiger partial charge on any atom is 0.253 e. The lowest BCUT2D eigenvalue weighted by molar-refractivity contribution is 0.0803. The monoisotopic (exact) mass is 315 g/mol. The van der Waals surface area contributed by atoms with Crippen molar-refractivity contribution in [1.82, 2.24) is 4.57 Å². The number of aryl methyl sites for hydroxylation is 2. The highest BCUT2D eigenvalue weighted by Gasteiger charge is 2.10. The van der Waals surface area contributed by atoms with Gasteiger partial charge in [-0.05, 0) is 49.6 Å². The first-order valence-corrected chi connectivity index (χ1v) is 7.91. The van der Waals surface area contributed by atoms with Gasteiger partial charge < -0.3 is 20.4 Å². The Bertz CT molecular complexity index is 711. The fraction of sp³-hybridized carbons (Fsp3) is 0.389. The molecule has 1 aromatic carbocycles. The van der Waals surface area contributed by atoms with E-state index in [2.05, 4.69) is 12.2 Å². The van der Waals surface area contributed by atoms with Crippen LogP contribution in [0.3, 0.4) is 0 Å². The van der Waals surface area contributed by atoms with Crippen LogP contribution in [0.15, 0.2) is 35.3 Å². The van der Waals surface area contributed by atoms with Crippen molar-refractivity contribution in [2.75, 3.05) is 17.7 Å². The molecular formula is C18H25N3O2. The van der Waals surface area contributed by atoms with E-state index in [-0.39, 0.29) is 11.8 Å². The maximum atomic E-state index is 11.8. The van der Waals surface area contributed by atoms with E-state index in [9.17, 15) is 4.79 Å². The summed E-state index contributed by atoms with van der Waals surface area (Å²) in [4.78, 5) is 11.8. The summed E-state index contributed by atoms with van der Waals surface area (Å²) in [5.74, 6) is 0. The third kappa shape index (κ3) is 3.93. The van der Waals surface area contributed by atoms with E-state index in [1.807, 2.05) is 44.3 Å². The van der Waals surface area contributed by atoms with Crippen LogP contribution in [-0.4, -0.2) is 17.4 Å². The van der Waals surface area contributed by atoms with E-state index in [0.717, 1.165) is 28.8 Å². The Hall–Kier alpha value is -2.27. The summed E-state index contributed by atoms with van der Waals surface area (Å²) in [5.41, 5.74) is 10.3. The number of hydrogen-bond acceptors (Lipinski definition) is 4. The summed E-state index contributed by atoms with van der Waals surface area (Å²) in [7, 11) is 1.76. The zero-order chi connectivity index (χ0) is 17.0. The minimum atomic E-state index is -0.0700. The van der Waals surface area contributed by atoms with E-state index in [1.165, 1.54) is 0 Å². The number of benzene rings is 1. The molecule has 23 heavy (non-hydrogen) atoms. The van der Waals surface area contributed by atoms with Gasteiger partial charge in [-0.1, -0.05) is 13.0 Å². The highest BCUT2D eigenvalue weighted by atomic mass is 16.5. The fourth-order valence-corrected chi connectivity index (χ4v) is 2.53. The van der Waals surface area contributed by atoms with E-state index >= 15 is 0 Å². The summed E-state index contributed by atoms with van der Waals surface area (Å²) >= 11 is 0. The molecule has 1 aromatic heterocycles. The molecule has 0 aliphatic heterocycles. The van der Waals surface area contributed by atoms with Gasteiger partial charge in [0, 0.05) is 25.4 Å². The Morgan fingerprint density at radius 2 is 2.00 bits per heavy atom. The second-order valence-electron chi connectivity index (χ2n) is 5.63. The SMILES string of the molecule is CCO[C@H](CC)Nc1cc(-c2cc(C)c(=O)n(C)c2)ccc1N. The lowest BCUT2D eigenvalue weighted by Crippen LogP contribution is -2.22. The molecule has 0 unspecified atom stereocenters. The Morgan fingerprint density at radius 3 is 2.61 bits per heavy atom. The highest BCUT2D eigenvalue weighted by molar-refractivity contribution is 5.76. The molecule has 0 bridgehead atoms. The molecular weight excluding hydrogens is 290 g/mol. The molecule has 0 radical (unpaired) electrons. The molecule has 0 aliphatic rings. The molecule has 1 atom stereocenters. The number of rotatable bonds is 6. The van der Waals surface area contributed by atoms with E-state index in [4.69, 9.17) is 10.5 Å². The van der Waals surface area contributed by atoms with Gasteiger partial charge in [-0.15, -0.1) is 0 Å². The number of nitrogens with one attached hydrogen (secondary N) is 1. The van der Waals surface area contributed by atoms with Crippen molar-refractivity contribution in [3.63, 3.8) is 0 Å². The van der Waals surface area contributed by atoms with Crippen LogP contribution in [-0.2, 0) is 11.8 Å². The van der Waals surface area contributed by atoms with Crippen molar-refractivity contribution in [3.05, 3.63) is 46.4 Å². The molecule has 0 saturated heterocycles. The predicted molar refractivity (Wildman–Crippen MR) is 95.6 cm³/mol. The van der Waals surface area contributed by atoms with E-state index < -0.39 is 0 Å². The molecule has 2 rings (SSSR count). The molecule has 124 valence electrons. The van der Waals surface area contributed by atoms with Gasteiger partial charge in [0.1, 0.15) is 6.23 Å². The second kappa shape index (κ2) is 7.33. The standard InChI is InChI=1S/C18H25N3O2/c1-5-17(23-6-2)20-16-10-13(7-8-15(16)19)14-9-12(3)18(22)21(4)11-14/h7-11,17,20H,5-6,19H2,1-4H3/t17-/m1/s1. The van der Waals surface area contributed by atoms with Crippen molar-refractivity contribution in [2.45, 2.75) is 33.4 Å². The highest BCUT2D eigenvalue weighted by Crippen LogP contribution is 2.28. The average Bonchev–Trinajstić information content (AvgIpc) is 2.53. The van der Waals surface area contributed by atoms with Crippen LogP contribution < -0.4 is 16.6 Å². The smallest absolute Gasteiger partial charge is 0.253 e. The lowest BCUT2D eigenvalue weighted by Gasteiger charge is -2.20. The Morgan fingerprint density at radius 1 is 1.26 bits per heavy atom. The van der Waals surface area contributed by atoms with Crippen LogP contribution in [0.4, 0.5) is 11.4 Å². The molecule has 0 fully saturated rings. The Kier molecular flexibility index (Phi) is 5.45. The van der Waals surface area contributed by atoms with Gasteiger partial charge in [-0.25, -0.2) is 0 Å². The topological polar surface area (TPSA) is 69.3 Å². The maximum absolute atomic E-state index is 11.8. The number of nitrogens with zero attached hydrogens (tertiary/aromatic N) is 1. The van der Waals surface area contributed by atoms with Crippen molar-refractivity contribution in [2.24, 2.45) is 7.05 Å². The molecule has 5 heteroatoms. The Balaban J connectivity index is 2.38. The van der Waals surface area contributed by atoms with Crippen molar-refractivity contribution < 1.29 is 4.74 Å². The molecule has 0 amide bonds. The third-order valence-electron chi connectivity index (χ3n) is 3.80. The number of nitrogens with two attached hydrogens (primary N) is 1. The molecule has 0 aliphatic carbocycles. The number of ether oxygens (including phenoxy) is 1. The summed E-state index contributed by atoms with van der Waals surface area (Å²) < 4.78 is 7.24. The van der Waals surface area contributed by atoms with Gasteiger partial charge >= 0.3 is 0 Å². The van der Waals surface area contributed by atoms with Crippen molar-refractivity contribution in [1.29, 1.82) is 0 Å². The summed E-state index contributed by atoms with van der Waals surface area (Å²) in [6, 6.07) is 7.73. The number of aromatic nitrogens is 1. The van der Waals surface area contributed by atoms with Gasteiger partial charge in [0.15, 0.2) is 0 Å². The van der Waals surface area contributed by atoms with Gasteiger partial charge in [-0.2, -0.15) is 0 Å². The van der Waals surface area contributed by atoms with Crippen molar-refractivity contribution in [3.8, 4) is 11.1 Å². The number of hydrogen-bond donors (Lipinski definition) is 2. The molecule has 3 N–H and O–H groups in total. The first-order chi connectivity index (χ1) is 11.0. The van der Waals surface area contributed by atoms with Gasteiger partial charge in [0.25, 0.3) is 5.56 Å². The fourth-order valence-electron chi connectivity index (χ4n) is 2.53. The van der Waals surface area contributed by atoms with Crippen LogP contribution in [0.1, 0.15) is 25.8 Å². The Labute approximate surface area is 137 Å². The zero-order valence-corrected chi connectivity index (χ0v) is 14.2. The van der Waals surface area contributed by atoms with Gasteiger partial charge in [0.05, 0.1) is 11.4 Å². The third-order valence-corrected chi connectivity index (χ3v) is 3.80. The van der Waals surface area contributed by atoms with Crippen LogP contribution >= 0.6 is 0 Å². The first kappa shape index (κ1) is 17.1. The first-order valence-electron chi connectivity index (χ1n) is 7.91. The van der Waals surface area contributed by atoms with Gasteiger partial charge in [-0.3, -0.25) is 4.79 Å². The summed E-state index contributed by atoms with van der Waals surface area (Å²) in [6.45, 7) is 6.50. The van der Waals surface area contributed by atoms with Crippen LogP contribution in [0.2, 0.25) is 0 Å². The van der Waals surface area contributed by atoms with Crippen LogP contribution in [0.25, 0.3) is 11.1 Å². The second-order valence-corrected chi connectivity index (χ2v) is 5.63. The minimum Gasteiger partial charge on any atom is -0.397 e. The predicted octanol–water partition coefficient (Wildman–Crippen LogP) is 3.13. The molecule has 1 heterocycles.